The molecule has 2 aromatic rings. The van der Waals surface area contributed by atoms with E-state index in [0.717, 1.165) is 10.2 Å². The number of thiazole rings is 1. The highest BCUT2D eigenvalue weighted by atomic mass is 32.1. The molecule has 2 rings (SSSR count). The van der Waals surface area contributed by atoms with Crippen LogP contribution in [0, 0.1) is 0 Å². The lowest BCUT2D eigenvalue weighted by molar-refractivity contribution is 0.352. The van der Waals surface area contributed by atoms with Gasteiger partial charge < -0.3 is 5.73 Å². The van der Waals surface area contributed by atoms with Crippen molar-refractivity contribution in [1.82, 2.24) is 4.98 Å². The van der Waals surface area contributed by atoms with Crippen LogP contribution in [0.2, 0.25) is 0 Å². The molecule has 1 heterocycles. The third-order valence-corrected chi connectivity index (χ3v) is 2.91. The normalized spacial score (nSPS) is 13.4. The molecule has 1 unspecified atom stereocenters. The summed E-state index contributed by atoms with van der Waals surface area (Å²) < 4.78 is 14.1. The van der Waals surface area contributed by atoms with E-state index in [0.29, 0.717) is 5.01 Å². The van der Waals surface area contributed by atoms with Crippen LogP contribution >= 0.6 is 11.3 Å². The van der Waals surface area contributed by atoms with Gasteiger partial charge in [-0.25, -0.2) is 9.37 Å². The van der Waals surface area contributed by atoms with Crippen LogP contribution in [0.3, 0.4) is 0 Å². The Morgan fingerprint density at radius 2 is 2.23 bits per heavy atom. The largest absolute Gasteiger partial charge is 0.327 e. The van der Waals surface area contributed by atoms with Crippen molar-refractivity contribution in [3.05, 3.63) is 29.3 Å². The van der Waals surface area contributed by atoms with E-state index >= 15 is 0 Å². The number of benzene rings is 1. The molecule has 1 atom stereocenters. The van der Waals surface area contributed by atoms with Crippen LogP contribution in [0.1, 0.15) is 11.2 Å². The van der Waals surface area contributed by atoms with Crippen LogP contribution in [-0.4, -0.2) is 11.5 Å². The number of nitrogens with two attached hydrogens (primary N) is 1. The summed E-state index contributed by atoms with van der Waals surface area (Å²) in [5.41, 5.74) is 6.06. The van der Waals surface area contributed by atoms with Crippen LogP contribution in [0.4, 0.5) is 4.39 Å². The van der Waals surface area contributed by atoms with E-state index in [2.05, 4.69) is 4.98 Å². The number of fused-ring (bicyclic) bond motifs is 1. The summed E-state index contributed by atoms with van der Waals surface area (Å²) in [5, 5.41) is 0.476. The van der Waals surface area contributed by atoms with E-state index in [1.807, 2.05) is 24.3 Å². The maximum atomic E-state index is 13.1. The molecular formula is C9H9FN2S. The van der Waals surface area contributed by atoms with Crippen molar-refractivity contribution >= 4 is 21.6 Å². The van der Waals surface area contributed by atoms with E-state index in [4.69, 9.17) is 5.73 Å². The molecule has 0 radical (unpaired) electrons. The van der Waals surface area contributed by atoms with E-state index < -0.39 is 6.17 Å². The molecule has 0 aliphatic heterocycles. The van der Waals surface area contributed by atoms with Crippen LogP contribution in [0.25, 0.3) is 10.2 Å². The predicted octanol–water partition coefficient (Wildman–Crippen LogP) is 2.27. The lowest BCUT2D eigenvalue weighted by atomic mass is 10.3. The third-order valence-electron chi connectivity index (χ3n) is 1.79. The van der Waals surface area contributed by atoms with Gasteiger partial charge in [-0.15, -0.1) is 11.3 Å². The molecule has 68 valence electrons. The topological polar surface area (TPSA) is 38.9 Å². The molecule has 0 saturated heterocycles. The molecule has 0 amide bonds. The summed E-state index contributed by atoms with van der Waals surface area (Å²) in [7, 11) is 0. The first-order valence-electron chi connectivity index (χ1n) is 4.01. The Kier molecular flexibility index (Phi) is 2.24. The summed E-state index contributed by atoms with van der Waals surface area (Å²) in [6, 6.07) is 7.61. The first kappa shape index (κ1) is 8.59. The number of halogens is 1. The lowest BCUT2D eigenvalue weighted by Gasteiger charge is -1.96. The van der Waals surface area contributed by atoms with Gasteiger partial charge in [0.15, 0.2) is 6.17 Å². The lowest BCUT2D eigenvalue weighted by Crippen LogP contribution is -2.06. The Balaban J connectivity index is 2.49. The summed E-state index contributed by atoms with van der Waals surface area (Å²) in [5.74, 6) is 0. The van der Waals surface area contributed by atoms with Gasteiger partial charge >= 0.3 is 0 Å². The third kappa shape index (κ3) is 1.55. The quantitative estimate of drug-likeness (QED) is 0.800. The van der Waals surface area contributed by atoms with Gasteiger partial charge in [0.1, 0.15) is 5.01 Å². The maximum Gasteiger partial charge on any atom is 0.164 e. The molecule has 13 heavy (non-hydrogen) atoms. The van der Waals surface area contributed by atoms with Gasteiger partial charge in [0.05, 0.1) is 10.2 Å². The molecule has 1 aromatic heterocycles. The Hall–Kier alpha value is -1.00. The van der Waals surface area contributed by atoms with E-state index in [-0.39, 0.29) is 6.54 Å². The van der Waals surface area contributed by atoms with Crippen molar-refractivity contribution in [2.45, 2.75) is 6.17 Å². The van der Waals surface area contributed by atoms with Crippen molar-refractivity contribution in [2.75, 3.05) is 6.54 Å². The van der Waals surface area contributed by atoms with Crippen molar-refractivity contribution in [2.24, 2.45) is 5.73 Å². The number of hydrogen-bond donors (Lipinski definition) is 1. The van der Waals surface area contributed by atoms with E-state index in [9.17, 15) is 4.39 Å². The minimum absolute atomic E-state index is 0.000177. The minimum Gasteiger partial charge on any atom is -0.327 e. The van der Waals surface area contributed by atoms with Gasteiger partial charge in [-0.1, -0.05) is 12.1 Å². The van der Waals surface area contributed by atoms with Gasteiger partial charge in [0.25, 0.3) is 0 Å². The molecule has 0 fully saturated rings. The SMILES string of the molecule is NCC(F)c1nc2ccccc2s1. The number of rotatable bonds is 2. The van der Waals surface area contributed by atoms with Gasteiger partial charge in [-0.2, -0.15) is 0 Å². The van der Waals surface area contributed by atoms with E-state index in [1.165, 1.54) is 11.3 Å². The highest BCUT2D eigenvalue weighted by Gasteiger charge is 2.12. The minimum atomic E-state index is -1.13. The fraction of sp³-hybridized carbons (Fsp3) is 0.222. The molecular weight excluding hydrogens is 187 g/mol. The standard InChI is InChI=1S/C9H9FN2S/c10-6(5-11)9-12-7-3-1-2-4-8(7)13-9/h1-4,6H,5,11H2. The summed E-state index contributed by atoms with van der Waals surface area (Å²) in [6.07, 6.45) is -1.13. The second-order valence-corrected chi connectivity index (χ2v) is 3.79. The zero-order valence-corrected chi connectivity index (χ0v) is 7.72. The van der Waals surface area contributed by atoms with Crippen LogP contribution < -0.4 is 5.73 Å². The Morgan fingerprint density at radius 1 is 1.46 bits per heavy atom. The summed E-state index contributed by atoms with van der Waals surface area (Å²) in [4.78, 5) is 4.15. The second-order valence-electron chi connectivity index (χ2n) is 2.72. The van der Waals surface area contributed by atoms with Crippen molar-refractivity contribution in [3.8, 4) is 0 Å². The first-order valence-corrected chi connectivity index (χ1v) is 4.82. The number of nitrogens with zero attached hydrogens (tertiary/aromatic N) is 1. The molecule has 0 aliphatic carbocycles. The fourth-order valence-corrected chi connectivity index (χ4v) is 2.08. The maximum absolute atomic E-state index is 13.1. The zero-order chi connectivity index (χ0) is 9.26. The smallest absolute Gasteiger partial charge is 0.164 e. The Labute approximate surface area is 79.2 Å². The highest BCUT2D eigenvalue weighted by molar-refractivity contribution is 7.18. The summed E-state index contributed by atoms with van der Waals surface area (Å²) >= 11 is 1.36. The molecule has 4 heteroatoms. The first-order chi connectivity index (χ1) is 6.31. The van der Waals surface area contributed by atoms with Crippen molar-refractivity contribution in [1.29, 1.82) is 0 Å². The van der Waals surface area contributed by atoms with Gasteiger partial charge in [-0.05, 0) is 12.1 Å². The second kappa shape index (κ2) is 3.40. The molecule has 1 aromatic carbocycles. The van der Waals surface area contributed by atoms with Gasteiger partial charge in [0, 0.05) is 6.54 Å². The van der Waals surface area contributed by atoms with Crippen LogP contribution in [0.5, 0.6) is 0 Å². The zero-order valence-electron chi connectivity index (χ0n) is 6.90. The molecule has 0 aliphatic rings. The Bertz CT molecular complexity index is 380. The van der Waals surface area contributed by atoms with Gasteiger partial charge in [-0.3, -0.25) is 0 Å². The molecule has 0 bridgehead atoms. The monoisotopic (exact) mass is 196 g/mol. The molecule has 0 saturated carbocycles. The number of hydrogen-bond acceptors (Lipinski definition) is 3. The van der Waals surface area contributed by atoms with Crippen LogP contribution in [0.15, 0.2) is 24.3 Å². The van der Waals surface area contributed by atoms with E-state index in [1.54, 1.807) is 0 Å². The average Bonchev–Trinajstić information content (AvgIpc) is 2.59. The summed E-state index contributed by atoms with van der Waals surface area (Å²) in [6.45, 7) is -0.000177. The number of para-hydroxylation sites is 1. The highest BCUT2D eigenvalue weighted by Crippen LogP contribution is 2.27. The molecule has 2 N–H and O–H groups in total. The van der Waals surface area contributed by atoms with Gasteiger partial charge in [0.2, 0.25) is 0 Å². The van der Waals surface area contributed by atoms with Crippen molar-refractivity contribution < 1.29 is 4.39 Å². The average molecular weight is 196 g/mol. The van der Waals surface area contributed by atoms with Crippen molar-refractivity contribution in [3.63, 3.8) is 0 Å². The molecule has 0 spiro atoms. The number of aromatic nitrogens is 1. The fourth-order valence-electron chi connectivity index (χ4n) is 1.12. The predicted molar refractivity (Wildman–Crippen MR) is 52.5 cm³/mol. The molecule has 2 nitrogen and oxygen atoms in total. The number of alkyl halides is 1. The van der Waals surface area contributed by atoms with Crippen LogP contribution in [-0.2, 0) is 0 Å². The Morgan fingerprint density at radius 3 is 2.92 bits per heavy atom.